The second-order valence-corrected chi connectivity index (χ2v) is 4.47. The van der Waals surface area contributed by atoms with Crippen LogP contribution in [0.5, 0.6) is 0 Å². The number of ether oxygens (including phenoxy) is 1. The fraction of sp³-hybridized carbons (Fsp3) is 0.417. The van der Waals surface area contributed by atoms with E-state index in [9.17, 15) is 0 Å². The van der Waals surface area contributed by atoms with Gasteiger partial charge in [-0.05, 0) is 6.07 Å². The number of nitrogens with two attached hydrogens (primary N) is 1. The smallest absolute Gasteiger partial charge is 0.134 e. The first-order valence-electron chi connectivity index (χ1n) is 6.23. The van der Waals surface area contributed by atoms with Crippen LogP contribution in [0.3, 0.4) is 0 Å². The Bertz CT molecular complexity index is 529. The minimum Gasteiger partial charge on any atom is -0.384 e. The lowest BCUT2D eigenvalue weighted by molar-refractivity contribution is 0.0272. The van der Waals surface area contributed by atoms with Crippen molar-refractivity contribution in [3.05, 3.63) is 30.9 Å². The molecule has 0 amide bonds. The highest BCUT2D eigenvalue weighted by atomic mass is 16.5. The quantitative estimate of drug-likeness (QED) is 0.846. The van der Waals surface area contributed by atoms with Crippen LogP contribution in [-0.2, 0) is 11.3 Å². The summed E-state index contributed by atoms with van der Waals surface area (Å²) in [5.74, 6) is 1.33. The van der Waals surface area contributed by atoms with Crippen LogP contribution in [0, 0.1) is 0 Å². The molecule has 7 nitrogen and oxygen atoms in total. The zero-order valence-corrected chi connectivity index (χ0v) is 10.5. The molecule has 0 aromatic carbocycles. The second kappa shape index (κ2) is 5.23. The molecule has 1 atom stereocenters. The van der Waals surface area contributed by atoms with Gasteiger partial charge in [-0.2, -0.15) is 5.10 Å². The molecule has 0 bridgehead atoms. The van der Waals surface area contributed by atoms with E-state index in [1.54, 1.807) is 12.3 Å². The first kappa shape index (κ1) is 11.9. The molecule has 2 aromatic heterocycles. The number of hydrogen-bond donors (Lipinski definition) is 1. The zero-order chi connectivity index (χ0) is 13.1. The lowest BCUT2D eigenvalue weighted by Gasteiger charge is -2.33. The highest BCUT2D eigenvalue weighted by Crippen LogP contribution is 2.16. The molecular weight excluding hydrogens is 244 g/mol. The van der Waals surface area contributed by atoms with Gasteiger partial charge in [-0.15, -0.1) is 0 Å². The number of morpholine rings is 1. The van der Waals surface area contributed by atoms with Crippen molar-refractivity contribution in [3.63, 3.8) is 0 Å². The van der Waals surface area contributed by atoms with E-state index in [4.69, 9.17) is 10.5 Å². The molecule has 1 aliphatic heterocycles. The Kier molecular flexibility index (Phi) is 3.28. The molecule has 2 N–H and O–H groups in total. The van der Waals surface area contributed by atoms with Crippen molar-refractivity contribution >= 4 is 11.6 Å². The third-order valence-corrected chi connectivity index (χ3v) is 3.09. The van der Waals surface area contributed by atoms with Gasteiger partial charge in [0.25, 0.3) is 0 Å². The second-order valence-electron chi connectivity index (χ2n) is 4.47. The molecule has 1 saturated heterocycles. The summed E-state index contributed by atoms with van der Waals surface area (Å²) in [4.78, 5) is 10.3. The van der Waals surface area contributed by atoms with Gasteiger partial charge in [-0.1, -0.05) is 0 Å². The van der Waals surface area contributed by atoms with Crippen molar-refractivity contribution in [1.29, 1.82) is 0 Å². The largest absolute Gasteiger partial charge is 0.384 e. The molecule has 19 heavy (non-hydrogen) atoms. The summed E-state index contributed by atoms with van der Waals surface area (Å²) < 4.78 is 7.63. The van der Waals surface area contributed by atoms with E-state index in [-0.39, 0.29) is 6.10 Å². The van der Waals surface area contributed by atoms with Crippen LogP contribution in [0.1, 0.15) is 0 Å². The molecule has 0 spiro atoms. The Morgan fingerprint density at radius 2 is 2.37 bits per heavy atom. The molecule has 3 heterocycles. The van der Waals surface area contributed by atoms with E-state index in [0.29, 0.717) is 12.4 Å². The van der Waals surface area contributed by atoms with Gasteiger partial charge in [-0.3, -0.25) is 4.68 Å². The number of anilines is 2. The van der Waals surface area contributed by atoms with Gasteiger partial charge in [-0.25, -0.2) is 9.97 Å². The number of nitrogen functional groups attached to an aromatic ring is 1. The van der Waals surface area contributed by atoms with Gasteiger partial charge in [0.1, 0.15) is 18.0 Å². The van der Waals surface area contributed by atoms with Crippen LogP contribution in [0.4, 0.5) is 11.6 Å². The molecule has 0 aliphatic carbocycles. The molecule has 1 aliphatic rings. The highest BCUT2D eigenvalue weighted by Gasteiger charge is 2.22. The SMILES string of the molecule is Nc1cc(N2CCOC(Cn3cccn3)C2)ncn1. The summed E-state index contributed by atoms with van der Waals surface area (Å²) in [6.07, 6.45) is 5.30. The number of aromatic nitrogens is 4. The number of nitrogens with zero attached hydrogens (tertiary/aromatic N) is 5. The topological polar surface area (TPSA) is 82.1 Å². The Balaban J connectivity index is 1.67. The van der Waals surface area contributed by atoms with Gasteiger partial charge in [0.05, 0.1) is 19.3 Å². The molecule has 7 heteroatoms. The first-order valence-corrected chi connectivity index (χ1v) is 6.23. The first-order chi connectivity index (χ1) is 9.31. The van der Waals surface area contributed by atoms with Gasteiger partial charge in [0.2, 0.25) is 0 Å². The fourth-order valence-electron chi connectivity index (χ4n) is 2.19. The van der Waals surface area contributed by atoms with E-state index >= 15 is 0 Å². The van der Waals surface area contributed by atoms with E-state index in [1.807, 2.05) is 16.9 Å². The van der Waals surface area contributed by atoms with Crippen molar-refractivity contribution in [1.82, 2.24) is 19.7 Å². The summed E-state index contributed by atoms with van der Waals surface area (Å²) >= 11 is 0. The van der Waals surface area contributed by atoms with Gasteiger partial charge in [0, 0.05) is 31.5 Å². The standard InChI is InChI=1S/C12H16N6O/c13-11-6-12(15-9-14-11)17-4-5-19-10(7-17)8-18-3-1-2-16-18/h1-3,6,9-10H,4-5,7-8H2,(H2,13,14,15). The molecule has 100 valence electrons. The molecule has 1 unspecified atom stereocenters. The average Bonchev–Trinajstić information content (AvgIpc) is 2.92. The lowest BCUT2D eigenvalue weighted by Crippen LogP contribution is -2.44. The summed E-state index contributed by atoms with van der Waals surface area (Å²) in [5.41, 5.74) is 5.69. The Morgan fingerprint density at radius 3 is 3.16 bits per heavy atom. The van der Waals surface area contributed by atoms with Crippen LogP contribution >= 0.6 is 0 Å². The maximum atomic E-state index is 5.76. The van der Waals surface area contributed by atoms with Crippen molar-refractivity contribution in [2.24, 2.45) is 0 Å². The normalized spacial score (nSPS) is 19.6. The maximum absolute atomic E-state index is 5.76. The molecule has 0 radical (unpaired) electrons. The van der Waals surface area contributed by atoms with Crippen molar-refractivity contribution in [2.75, 3.05) is 30.3 Å². The molecule has 0 saturated carbocycles. The number of rotatable bonds is 3. The van der Waals surface area contributed by atoms with Crippen LogP contribution in [0.25, 0.3) is 0 Å². The number of hydrogen-bond acceptors (Lipinski definition) is 6. The Hall–Kier alpha value is -2.15. The third kappa shape index (κ3) is 2.82. The van der Waals surface area contributed by atoms with Crippen LogP contribution in [0.15, 0.2) is 30.9 Å². The molecular formula is C12H16N6O. The van der Waals surface area contributed by atoms with Crippen molar-refractivity contribution < 1.29 is 4.74 Å². The maximum Gasteiger partial charge on any atom is 0.134 e. The van der Waals surface area contributed by atoms with Crippen LogP contribution < -0.4 is 10.6 Å². The van der Waals surface area contributed by atoms with Crippen LogP contribution in [-0.4, -0.2) is 45.5 Å². The predicted octanol–water partition coefficient (Wildman–Crippen LogP) is 0.161. The Morgan fingerprint density at radius 1 is 1.42 bits per heavy atom. The van der Waals surface area contributed by atoms with E-state index in [1.165, 1.54) is 6.33 Å². The predicted molar refractivity (Wildman–Crippen MR) is 70.6 cm³/mol. The molecule has 3 rings (SSSR count). The summed E-state index contributed by atoms with van der Waals surface area (Å²) in [6, 6.07) is 3.70. The van der Waals surface area contributed by atoms with Crippen LogP contribution in [0.2, 0.25) is 0 Å². The van der Waals surface area contributed by atoms with Gasteiger partial charge >= 0.3 is 0 Å². The monoisotopic (exact) mass is 260 g/mol. The molecule has 1 fully saturated rings. The Labute approximate surface area is 111 Å². The van der Waals surface area contributed by atoms with E-state index < -0.39 is 0 Å². The zero-order valence-electron chi connectivity index (χ0n) is 10.5. The summed E-state index contributed by atoms with van der Waals surface area (Å²) in [5, 5.41) is 4.19. The molecule has 2 aromatic rings. The third-order valence-electron chi connectivity index (χ3n) is 3.09. The fourth-order valence-corrected chi connectivity index (χ4v) is 2.19. The van der Waals surface area contributed by atoms with E-state index in [2.05, 4.69) is 20.0 Å². The van der Waals surface area contributed by atoms with Gasteiger partial charge < -0.3 is 15.4 Å². The minimum atomic E-state index is 0.102. The summed E-state index contributed by atoms with van der Waals surface area (Å²) in [6.45, 7) is 3.00. The van der Waals surface area contributed by atoms with Crippen molar-refractivity contribution in [2.45, 2.75) is 12.6 Å². The van der Waals surface area contributed by atoms with E-state index in [0.717, 1.165) is 25.5 Å². The lowest BCUT2D eigenvalue weighted by atomic mass is 10.2. The average molecular weight is 260 g/mol. The highest BCUT2D eigenvalue weighted by molar-refractivity contribution is 5.46. The van der Waals surface area contributed by atoms with Gasteiger partial charge in [0.15, 0.2) is 0 Å². The summed E-state index contributed by atoms with van der Waals surface area (Å²) in [7, 11) is 0. The van der Waals surface area contributed by atoms with Crippen molar-refractivity contribution in [3.8, 4) is 0 Å². The minimum absolute atomic E-state index is 0.102.